The fourth-order valence-electron chi connectivity index (χ4n) is 5.58. The van der Waals surface area contributed by atoms with E-state index >= 15 is 0 Å². The molecule has 0 N–H and O–H groups in total. The molecular weight excluding hydrogens is 552 g/mol. The summed E-state index contributed by atoms with van der Waals surface area (Å²) >= 11 is 0. The van der Waals surface area contributed by atoms with Gasteiger partial charge in [0.1, 0.15) is 5.52 Å². The molecule has 2 heterocycles. The second kappa shape index (κ2) is 11.5. The quantitative estimate of drug-likeness (QED) is 0.196. The molecule has 0 aliphatic rings. The minimum Gasteiger partial charge on any atom is -0.436 e. The minimum atomic E-state index is 0.600. The van der Waals surface area contributed by atoms with Gasteiger partial charge in [-0.2, -0.15) is 0 Å². The Hall–Kier alpha value is -6.20. The van der Waals surface area contributed by atoms with Crippen molar-refractivity contribution in [3.8, 4) is 67.9 Å². The molecule has 0 amide bonds. The van der Waals surface area contributed by atoms with E-state index in [2.05, 4.69) is 48.5 Å². The van der Waals surface area contributed by atoms with Crippen molar-refractivity contribution < 1.29 is 4.42 Å². The Morgan fingerprint density at radius 2 is 0.844 bits per heavy atom. The number of para-hydroxylation sites is 1. The smallest absolute Gasteiger partial charge is 0.227 e. The number of nitrogens with zero attached hydrogens (tertiary/aromatic N) is 4. The fourth-order valence-corrected chi connectivity index (χ4v) is 5.58. The van der Waals surface area contributed by atoms with Crippen molar-refractivity contribution in [2.24, 2.45) is 0 Å². The van der Waals surface area contributed by atoms with E-state index in [0.29, 0.717) is 23.4 Å². The van der Waals surface area contributed by atoms with Gasteiger partial charge in [0, 0.05) is 27.8 Å². The van der Waals surface area contributed by atoms with Crippen LogP contribution in [0, 0.1) is 0 Å². The van der Waals surface area contributed by atoms with Crippen LogP contribution in [0.15, 0.2) is 162 Å². The average molecular weight is 579 g/mol. The van der Waals surface area contributed by atoms with Gasteiger partial charge in [-0.05, 0) is 41.0 Å². The maximum Gasteiger partial charge on any atom is 0.227 e. The second-order valence-electron chi connectivity index (χ2n) is 10.7. The van der Waals surface area contributed by atoms with Gasteiger partial charge < -0.3 is 4.42 Å². The van der Waals surface area contributed by atoms with Gasteiger partial charge >= 0.3 is 0 Å². The zero-order chi connectivity index (χ0) is 30.0. The van der Waals surface area contributed by atoms with E-state index < -0.39 is 0 Å². The van der Waals surface area contributed by atoms with Crippen LogP contribution in [0.25, 0.3) is 79.0 Å². The monoisotopic (exact) mass is 578 g/mol. The van der Waals surface area contributed by atoms with E-state index in [-0.39, 0.29) is 0 Å². The van der Waals surface area contributed by atoms with Gasteiger partial charge in [-0.1, -0.05) is 133 Å². The van der Waals surface area contributed by atoms with E-state index in [0.717, 1.165) is 55.6 Å². The lowest BCUT2D eigenvalue weighted by Gasteiger charge is -2.14. The summed E-state index contributed by atoms with van der Waals surface area (Å²) in [6.07, 6.45) is 0. The van der Waals surface area contributed by atoms with Crippen molar-refractivity contribution >= 4 is 11.1 Å². The van der Waals surface area contributed by atoms with Crippen molar-refractivity contribution in [1.82, 2.24) is 19.9 Å². The summed E-state index contributed by atoms with van der Waals surface area (Å²) in [6, 6.07) is 52.9. The first kappa shape index (κ1) is 26.4. The zero-order valence-electron chi connectivity index (χ0n) is 24.2. The zero-order valence-corrected chi connectivity index (χ0v) is 24.2. The van der Waals surface area contributed by atoms with Crippen LogP contribution in [0.4, 0.5) is 0 Å². The van der Waals surface area contributed by atoms with E-state index in [4.69, 9.17) is 24.4 Å². The summed E-state index contributed by atoms with van der Waals surface area (Å²) in [5.74, 6) is 2.47. The Kier molecular flexibility index (Phi) is 6.74. The molecule has 5 nitrogen and oxygen atoms in total. The highest BCUT2D eigenvalue weighted by Gasteiger charge is 2.18. The van der Waals surface area contributed by atoms with Crippen molar-refractivity contribution in [3.05, 3.63) is 158 Å². The maximum absolute atomic E-state index is 6.23. The van der Waals surface area contributed by atoms with Gasteiger partial charge in [0.25, 0.3) is 0 Å². The SMILES string of the molecule is c1ccc(-c2nc(-c3ccccc3)nc(-c3ccc(-c4cccc5oc(-c6ccccc6)nc45)c(-c4ccccc4)c3)n2)cc1. The van der Waals surface area contributed by atoms with Crippen LogP contribution in [0.5, 0.6) is 0 Å². The van der Waals surface area contributed by atoms with Gasteiger partial charge in [-0.15, -0.1) is 0 Å². The van der Waals surface area contributed by atoms with Crippen LogP contribution in [0.2, 0.25) is 0 Å². The Balaban J connectivity index is 1.32. The van der Waals surface area contributed by atoms with E-state index in [9.17, 15) is 0 Å². The van der Waals surface area contributed by atoms with Crippen molar-refractivity contribution in [3.63, 3.8) is 0 Å². The lowest BCUT2D eigenvalue weighted by molar-refractivity contribution is 0.620. The van der Waals surface area contributed by atoms with Gasteiger partial charge in [0.15, 0.2) is 23.1 Å². The Morgan fingerprint density at radius 1 is 0.333 bits per heavy atom. The molecule has 0 radical (unpaired) electrons. The van der Waals surface area contributed by atoms with Crippen molar-refractivity contribution in [1.29, 1.82) is 0 Å². The third-order valence-electron chi connectivity index (χ3n) is 7.79. The number of aromatic nitrogens is 4. The number of hydrogen-bond acceptors (Lipinski definition) is 5. The summed E-state index contributed by atoms with van der Waals surface area (Å²) < 4.78 is 6.23. The third-order valence-corrected chi connectivity index (χ3v) is 7.79. The molecule has 0 unspecified atom stereocenters. The molecule has 0 atom stereocenters. The second-order valence-corrected chi connectivity index (χ2v) is 10.7. The van der Waals surface area contributed by atoms with Gasteiger partial charge in [-0.25, -0.2) is 19.9 Å². The normalized spacial score (nSPS) is 11.1. The molecule has 8 aromatic rings. The number of fused-ring (bicyclic) bond motifs is 1. The Labute approximate surface area is 260 Å². The van der Waals surface area contributed by atoms with Crippen LogP contribution in [-0.2, 0) is 0 Å². The predicted octanol–water partition coefficient (Wildman–Crippen LogP) is 10.0. The summed E-state index contributed by atoms with van der Waals surface area (Å²) in [7, 11) is 0. The lowest BCUT2D eigenvalue weighted by atomic mass is 9.92. The fraction of sp³-hybridized carbons (Fsp3) is 0. The number of oxazole rings is 1. The highest BCUT2D eigenvalue weighted by molar-refractivity contribution is 5.98. The predicted molar refractivity (Wildman–Crippen MR) is 180 cm³/mol. The third kappa shape index (κ3) is 5.17. The number of hydrogen-bond donors (Lipinski definition) is 0. The molecule has 6 aromatic carbocycles. The molecule has 0 saturated heterocycles. The van der Waals surface area contributed by atoms with Crippen LogP contribution < -0.4 is 0 Å². The molecule has 0 bridgehead atoms. The van der Waals surface area contributed by atoms with Crippen LogP contribution in [0.3, 0.4) is 0 Å². The molecule has 2 aromatic heterocycles. The topological polar surface area (TPSA) is 64.7 Å². The van der Waals surface area contributed by atoms with E-state index in [1.807, 2.05) is 109 Å². The van der Waals surface area contributed by atoms with Crippen molar-refractivity contribution in [2.75, 3.05) is 0 Å². The number of benzene rings is 6. The van der Waals surface area contributed by atoms with Crippen LogP contribution in [0.1, 0.15) is 0 Å². The molecule has 8 rings (SSSR count). The molecule has 0 fully saturated rings. The van der Waals surface area contributed by atoms with Crippen LogP contribution >= 0.6 is 0 Å². The van der Waals surface area contributed by atoms with Gasteiger partial charge in [-0.3, -0.25) is 0 Å². The summed E-state index contributed by atoms with van der Waals surface area (Å²) in [5, 5.41) is 0. The molecule has 5 heteroatoms. The first-order valence-electron chi connectivity index (χ1n) is 14.8. The van der Waals surface area contributed by atoms with Crippen molar-refractivity contribution in [2.45, 2.75) is 0 Å². The van der Waals surface area contributed by atoms with E-state index in [1.54, 1.807) is 0 Å². The molecule has 0 aliphatic carbocycles. The first-order valence-corrected chi connectivity index (χ1v) is 14.8. The molecule has 45 heavy (non-hydrogen) atoms. The average Bonchev–Trinajstić information content (AvgIpc) is 3.58. The van der Waals surface area contributed by atoms with Gasteiger partial charge in [0.2, 0.25) is 5.89 Å². The minimum absolute atomic E-state index is 0.600. The molecule has 0 aliphatic heterocycles. The Morgan fingerprint density at radius 3 is 1.42 bits per heavy atom. The summed E-state index contributed by atoms with van der Waals surface area (Å²) in [6.45, 7) is 0. The maximum atomic E-state index is 6.23. The van der Waals surface area contributed by atoms with Crippen LogP contribution in [-0.4, -0.2) is 19.9 Å². The molecule has 0 saturated carbocycles. The highest BCUT2D eigenvalue weighted by atomic mass is 16.3. The molecular formula is C40H26N4O. The lowest BCUT2D eigenvalue weighted by Crippen LogP contribution is -2.00. The first-order chi connectivity index (χ1) is 22.3. The van der Waals surface area contributed by atoms with E-state index in [1.165, 1.54) is 0 Å². The standard InChI is InChI=1S/C40H26N4O/c1-5-14-27(15-6-1)34-26-31(39-43-37(28-16-7-2-8-17-28)42-38(44-39)29-18-9-3-10-19-29)24-25-32(34)33-22-13-23-35-36(33)41-40(45-35)30-20-11-4-12-21-30/h1-26H. The Bertz CT molecular complexity index is 2190. The van der Waals surface area contributed by atoms with Gasteiger partial charge in [0.05, 0.1) is 0 Å². The summed E-state index contributed by atoms with van der Waals surface area (Å²) in [4.78, 5) is 19.8. The summed E-state index contributed by atoms with van der Waals surface area (Å²) in [5.41, 5.74) is 9.44. The molecule has 0 spiro atoms. The molecule has 212 valence electrons. The highest BCUT2D eigenvalue weighted by Crippen LogP contribution is 2.39. The largest absolute Gasteiger partial charge is 0.436 e. The number of rotatable bonds is 6.